The molecule has 2 heterocycles. The smallest absolute Gasteiger partial charge is 0.106 e. The number of aryl methyl sites for hydroxylation is 1. The summed E-state index contributed by atoms with van der Waals surface area (Å²) in [5, 5.41) is 0. The van der Waals surface area contributed by atoms with Crippen LogP contribution in [0.5, 0.6) is 0 Å². The van der Waals surface area contributed by atoms with Gasteiger partial charge >= 0.3 is 0 Å². The molecular formula is C14H19N3O. The third kappa shape index (κ3) is 2.26. The molecule has 1 aromatic heterocycles. The average molecular weight is 245 g/mol. The number of rotatable bonds is 3. The van der Waals surface area contributed by atoms with Gasteiger partial charge in [-0.3, -0.25) is 4.90 Å². The Balaban J connectivity index is 1.75. The van der Waals surface area contributed by atoms with E-state index in [9.17, 15) is 0 Å². The molecule has 1 aromatic carbocycles. The zero-order valence-corrected chi connectivity index (χ0v) is 10.8. The molecule has 3 rings (SSSR count). The molecule has 0 radical (unpaired) electrons. The second-order valence-corrected chi connectivity index (χ2v) is 4.75. The van der Waals surface area contributed by atoms with E-state index in [0.717, 1.165) is 50.7 Å². The summed E-state index contributed by atoms with van der Waals surface area (Å²) in [5.74, 6) is 1.10. The van der Waals surface area contributed by atoms with Crippen LogP contribution in [-0.2, 0) is 11.3 Å². The van der Waals surface area contributed by atoms with Gasteiger partial charge in [-0.05, 0) is 19.1 Å². The van der Waals surface area contributed by atoms with Gasteiger partial charge in [0.1, 0.15) is 5.82 Å². The lowest BCUT2D eigenvalue weighted by Crippen LogP contribution is -2.38. The van der Waals surface area contributed by atoms with Gasteiger partial charge < -0.3 is 9.30 Å². The van der Waals surface area contributed by atoms with Crippen LogP contribution in [0.4, 0.5) is 0 Å². The van der Waals surface area contributed by atoms with Crippen molar-refractivity contribution in [2.75, 3.05) is 32.8 Å². The third-order valence-corrected chi connectivity index (χ3v) is 3.59. The molecule has 0 unspecified atom stereocenters. The summed E-state index contributed by atoms with van der Waals surface area (Å²) in [6.07, 6.45) is 0. The molecule has 18 heavy (non-hydrogen) atoms. The molecule has 1 aliphatic heterocycles. The zero-order valence-electron chi connectivity index (χ0n) is 10.8. The molecule has 0 aliphatic carbocycles. The quantitative estimate of drug-likeness (QED) is 0.824. The standard InChI is InChI=1S/C14H19N3O/c1-12-15-13-4-2-3-5-14(13)17(12)7-6-16-8-10-18-11-9-16/h2-5H,6-11H2,1H3. The average Bonchev–Trinajstić information content (AvgIpc) is 2.73. The van der Waals surface area contributed by atoms with Gasteiger partial charge in [0.15, 0.2) is 0 Å². The highest BCUT2D eigenvalue weighted by atomic mass is 16.5. The van der Waals surface area contributed by atoms with Gasteiger partial charge in [-0.15, -0.1) is 0 Å². The highest BCUT2D eigenvalue weighted by Gasteiger charge is 2.12. The zero-order chi connectivity index (χ0) is 12.4. The van der Waals surface area contributed by atoms with Gasteiger partial charge in [0.2, 0.25) is 0 Å². The van der Waals surface area contributed by atoms with Crippen LogP contribution in [0.15, 0.2) is 24.3 Å². The normalized spacial score (nSPS) is 17.4. The molecular weight excluding hydrogens is 226 g/mol. The Labute approximate surface area is 107 Å². The van der Waals surface area contributed by atoms with Crippen LogP contribution < -0.4 is 0 Å². The van der Waals surface area contributed by atoms with Crippen LogP contribution in [0.1, 0.15) is 5.82 Å². The molecule has 0 saturated carbocycles. The Bertz CT molecular complexity index is 529. The summed E-state index contributed by atoms with van der Waals surface area (Å²) in [7, 11) is 0. The minimum Gasteiger partial charge on any atom is -0.379 e. The first-order chi connectivity index (χ1) is 8.84. The highest BCUT2D eigenvalue weighted by Crippen LogP contribution is 2.15. The Morgan fingerprint density at radius 2 is 1.94 bits per heavy atom. The number of aromatic nitrogens is 2. The van der Waals surface area contributed by atoms with Gasteiger partial charge in [-0.1, -0.05) is 12.1 Å². The fourth-order valence-electron chi connectivity index (χ4n) is 2.54. The number of ether oxygens (including phenoxy) is 1. The summed E-state index contributed by atoms with van der Waals surface area (Å²) < 4.78 is 7.68. The number of fused-ring (bicyclic) bond motifs is 1. The van der Waals surface area contributed by atoms with Crippen LogP contribution in [0.3, 0.4) is 0 Å². The number of morpholine rings is 1. The van der Waals surface area contributed by atoms with Crippen molar-refractivity contribution >= 4 is 11.0 Å². The predicted octanol–water partition coefficient (Wildman–Crippen LogP) is 1.68. The van der Waals surface area contributed by atoms with Crippen LogP contribution in [-0.4, -0.2) is 47.3 Å². The Hall–Kier alpha value is -1.39. The molecule has 0 bridgehead atoms. The van der Waals surface area contributed by atoms with Crippen molar-refractivity contribution in [3.05, 3.63) is 30.1 Å². The minimum atomic E-state index is 0.865. The van der Waals surface area contributed by atoms with E-state index in [1.165, 1.54) is 5.52 Å². The van der Waals surface area contributed by atoms with Crippen molar-refractivity contribution in [2.45, 2.75) is 13.5 Å². The molecule has 1 saturated heterocycles. The Kier molecular flexibility index (Phi) is 3.30. The first kappa shape index (κ1) is 11.7. The van der Waals surface area contributed by atoms with Crippen molar-refractivity contribution in [3.8, 4) is 0 Å². The summed E-state index contributed by atoms with van der Waals surface area (Å²) in [5.41, 5.74) is 2.33. The number of nitrogens with zero attached hydrogens (tertiary/aromatic N) is 3. The fourth-order valence-corrected chi connectivity index (χ4v) is 2.54. The number of benzene rings is 1. The van der Waals surface area contributed by atoms with Crippen LogP contribution in [0.2, 0.25) is 0 Å². The van der Waals surface area contributed by atoms with E-state index in [0.29, 0.717) is 0 Å². The van der Waals surface area contributed by atoms with Crippen LogP contribution >= 0.6 is 0 Å². The SMILES string of the molecule is Cc1nc2ccccc2n1CCN1CCOCC1. The lowest BCUT2D eigenvalue weighted by molar-refractivity contribution is 0.0364. The number of imidazole rings is 1. The predicted molar refractivity (Wildman–Crippen MR) is 71.7 cm³/mol. The molecule has 0 amide bonds. The number of hydrogen-bond donors (Lipinski definition) is 0. The van der Waals surface area contributed by atoms with Gasteiger partial charge in [-0.2, -0.15) is 0 Å². The molecule has 1 fully saturated rings. The molecule has 2 aromatic rings. The van der Waals surface area contributed by atoms with Crippen molar-refractivity contribution in [1.82, 2.24) is 14.5 Å². The van der Waals surface area contributed by atoms with E-state index in [1.807, 2.05) is 6.07 Å². The molecule has 1 aliphatic rings. The largest absolute Gasteiger partial charge is 0.379 e. The summed E-state index contributed by atoms with van der Waals surface area (Å²) >= 11 is 0. The van der Waals surface area contributed by atoms with Crippen molar-refractivity contribution in [1.29, 1.82) is 0 Å². The maximum absolute atomic E-state index is 5.37. The van der Waals surface area contributed by atoms with Crippen molar-refractivity contribution < 1.29 is 4.74 Å². The van der Waals surface area contributed by atoms with Crippen LogP contribution in [0.25, 0.3) is 11.0 Å². The van der Waals surface area contributed by atoms with Crippen molar-refractivity contribution in [3.63, 3.8) is 0 Å². The van der Waals surface area contributed by atoms with E-state index in [4.69, 9.17) is 4.74 Å². The van der Waals surface area contributed by atoms with E-state index in [1.54, 1.807) is 0 Å². The maximum Gasteiger partial charge on any atom is 0.106 e. The molecule has 0 spiro atoms. The lowest BCUT2D eigenvalue weighted by atomic mass is 10.3. The van der Waals surface area contributed by atoms with Crippen molar-refractivity contribution in [2.24, 2.45) is 0 Å². The van der Waals surface area contributed by atoms with E-state index >= 15 is 0 Å². The first-order valence-electron chi connectivity index (χ1n) is 6.56. The van der Waals surface area contributed by atoms with Gasteiger partial charge in [0, 0.05) is 26.2 Å². The van der Waals surface area contributed by atoms with E-state index in [-0.39, 0.29) is 0 Å². The Morgan fingerprint density at radius 1 is 1.17 bits per heavy atom. The monoisotopic (exact) mass is 245 g/mol. The Morgan fingerprint density at radius 3 is 2.78 bits per heavy atom. The number of hydrogen-bond acceptors (Lipinski definition) is 3. The second kappa shape index (κ2) is 5.08. The van der Waals surface area contributed by atoms with Gasteiger partial charge in [-0.25, -0.2) is 4.98 Å². The summed E-state index contributed by atoms with van der Waals surface area (Å²) in [6.45, 7) is 7.99. The lowest BCUT2D eigenvalue weighted by Gasteiger charge is -2.26. The topological polar surface area (TPSA) is 30.3 Å². The molecule has 0 N–H and O–H groups in total. The molecule has 96 valence electrons. The molecule has 4 nitrogen and oxygen atoms in total. The first-order valence-corrected chi connectivity index (χ1v) is 6.56. The second-order valence-electron chi connectivity index (χ2n) is 4.75. The van der Waals surface area contributed by atoms with E-state index < -0.39 is 0 Å². The number of para-hydroxylation sites is 2. The maximum atomic E-state index is 5.37. The highest BCUT2D eigenvalue weighted by molar-refractivity contribution is 5.75. The van der Waals surface area contributed by atoms with Gasteiger partial charge in [0.25, 0.3) is 0 Å². The third-order valence-electron chi connectivity index (χ3n) is 3.59. The fraction of sp³-hybridized carbons (Fsp3) is 0.500. The van der Waals surface area contributed by atoms with E-state index in [2.05, 4.69) is 39.6 Å². The summed E-state index contributed by atoms with van der Waals surface area (Å²) in [6, 6.07) is 8.35. The minimum absolute atomic E-state index is 0.865. The van der Waals surface area contributed by atoms with Crippen LogP contribution in [0, 0.1) is 6.92 Å². The molecule has 0 atom stereocenters. The summed E-state index contributed by atoms with van der Waals surface area (Å²) in [4.78, 5) is 7.05. The van der Waals surface area contributed by atoms with Gasteiger partial charge in [0.05, 0.1) is 24.2 Å². The molecule has 4 heteroatoms.